The molecule has 0 bridgehead atoms. The number of aryl methyl sites for hydroxylation is 1. The third-order valence-electron chi connectivity index (χ3n) is 3.70. The first-order valence-electron chi connectivity index (χ1n) is 7.87. The molecular weight excluding hydrogens is 332 g/mol. The molecule has 1 aliphatic heterocycles. The van der Waals surface area contributed by atoms with E-state index in [1.165, 1.54) is 10.6 Å². The summed E-state index contributed by atoms with van der Waals surface area (Å²) in [6.45, 7) is 2.48. The molecule has 1 heterocycles. The van der Waals surface area contributed by atoms with E-state index >= 15 is 0 Å². The van der Waals surface area contributed by atoms with Crippen LogP contribution in [0.3, 0.4) is 0 Å². The molecule has 2 rings (SSSR count). The van der Waals surface area contributed by atoms with E-state index in [0.717, 1.165) is 18.4 Å². The van der Waals surface area contributed by atoms with Crippen molar-refractivity contribution >= 4 is 33.3 Å². The Balaban J connectivity index is 2.04. The van der Waals surface area contributed by atoms with Crippen molar-refractivity contribution in [2.45, 2.75) is 32.6 Å². The van der Waals surface area contributed by atoms with Crippen LogP contribution in [-0.4, -0.2) is 39.7 Å². The zero-order valence-corrected chi connectivity index (χ0v) is 14.7. The highest BCUT2D eigenvalue weighted by molar-refractivity contribution is 7.92. The van der Waals surface area contributed by atoms with E-state index in [1.54, 1.807) is 25.1 Å². The second kappa shape index (κ2) is 7.65. The molecule has 0 aliphatic carbocycles. The van der Waals surface area contributed by atoms with E-state index in [-0.39, 0.29) is 18.7 Å². The number of fused-ring (bicyclic) bond motifs is 1. The maximum Gasteiger partial charge on any atom is 0.306 e. The molecule has 0 aromatic heterocycles. The molecule has 24 heavy (non-hydrogen) atoms. The zero-order valence-electron chi connectivity index (χ0n) is 13.9. The van der Waals surface area contributed by atoms with Crippen molar-refractivity contribution in [3.63, 3.8) is 0 Å². The van der Waals surface area contributed by atoms with Gasteiger partial charge in [0, 0.05) is 18.7 Å². The number of nitrogens with one attached hydrogen (secondary N) is 1. The molecule has 0 radical (unpaired) electrons. The molecule has 1 N–H and O–H groups in total. The number of esters is 1. The van der Waals surface area contributed by atoms with Crippen molar-refractivity contribution in [3.05, 3.63) is 23.8 Å². The van der Waals surface area contributed by atoms with Gasteiger partial charge in [0.15, 0.2) is 0 Å². The number of benzene rings is 1. The van der Waals surface area contributed by atoms with Crippen LogP contribution in [0.1, 0.15) is 31.7 Å². The minimum absolute atomic E-state index is 0.0342. The van der Waals surface area contributed by atoms with Gasteiger partial charge in [0.05, 0.1) is 25.0 Å². The van der Waals surface area contributed by atoms with Gasteiger partial charge in [-0.1, -0.05) is 0 Å². The number of carbonyl (C=O) groups is 2. The third-order valence-corrected chi connectivity index (χ3v) is 4.88. The summed E-state index contributed by atoms with van der Waals surface area (Å²) in [5, 5.41) is 2.73. The van der Waals surface area contributed by atoms with Crippen molar-refractivity contribution in [1.29, 1.82) is 0 Å². The Morgan fingerprint density at radius 3 is 2.71 bits per heavy atom. The van der Waals surface area contributed by atoms with Gasteiger partial charge in [-0.25, -0.2) is 8.42 Å². The number of hydrogen-bond acceptors (Lipinski definition) is 5. The number of carbonyl (C=O) groups excluding carboxylic acids is 2. The van der Waals surface area contributed by atoms with Gasteiger partial charge in [0.25, 0.3) is 0 Å². The lowest BCUT2D eigenvalue weighted by molar-refractivity contribution is -0.144. The molecule has 0 atom stereocenters. The Labute approximate surface area is 142 Å². The van der Waals surface area contributed by atoms with E-state index in [1.807, 2.05) is 0 Å². The molecule has 0 fully saturated rings. The molecule has 0 saturated carbocycles. The highest BCUT2D eigenvalue weighted by Gasteiger charge is 2.24. The fraction of sp³-hybridized carbons (Fsp3) is 0.500. The molecule has 1 amide bonds. The first-order chi connectivity index (χ1) is 11.3. The summed E-state index contributed by atoms with van der Waals surface area (Å²) in [5.74, 6) is -0.680. The lowest BCUT2D eigenvalue weighted by atomic mass is 10.0. The van der Waals surface area contributed by atoms with Crippen LogP contribution in [-0.2, 0) is 30.8 Å². The topological polar surface area (TPSA) is 92.8 Å². The van der Waals surface area contributed by atoms with E-state index in [0.29, 0.717) is 24.5 Å². The summed E-state index contributed by atoms with van der Waals surface area (Å²) < 4.78 is 29.8. The number of nitrogens with zero attached hydrogens (tertiary/aromatic N) is 1. The number of sulfonamides is 1. The molecule has 0 unspecified atom stereocenters. The molecule has 8 heteroatoms. The number of amides is 1. The predicted octanol–water partition coefficient (Wildman–Crippen LogP) is 1.68. The van der Waals surface area contributed by atoms with Crippen LogP contribution >= 0.6 is 0 Å². The van der Waals surface area contributed by atoms with E-state index in [9.17, 15) is 18.0 Å². The van der Waals surface area contributed by atoms with Crippen molar-refractivity contribution < 1.29 is 22.7 Å². The average Bonchev–Trinajstić information content (AvgIpc) is 2.51. The molecule has 132 valence electrons. The van der Waals surface area contributed by atoms with Gasteiger partial charge in [-0.2, -0.15) is 0 Å². The number of hydrogen-bond donors (Lipinski definition) is 1. The second-order valence-corrected chi connectivity index (χ2v) is 7.54. The molecule has 1 aromatic carbocycles. The van der Waals surface area contributed by atoms with Crippen LogP contribution < -0.4 is 9.62 Å². The highest BCUT2D eigenvalue weighted by atomic mass is 32.2. The fourth-order valence-corrected chi connectivity index (χ4v) is 3.65. The van der Waals surface area contributed by atoms with Crippen LogP contribution in [0.25, 0.3) is 0 Å². The van der Waals surface area contributed by atoms with Gasteiger partial charge >= 0.3 is 5.97 Å². The van der Waals surface area contributed by atoms with E-state index < -0.39 is 16.0 Å². The zero-order chi connectivity index (χ0) is 17.7. The van der Waals surface area contributed by atoms with E-state index in [2.05, 4.69) is 5.32 Å². The van der Waals surface area contributed by atoms with Crippen LogP contribution in [0.4, 0.5) is 11.4 Å². The Morgan fingerprint density at radius 2 is 2.04 bits per heavy atom. The first-order valence-corrected chi connectivity index (χ1v) is 9.72. The van der Waals surface area contributed by atoms with Crippen molar-refractivity contribution in [2.75, 3.05) is 29.0 Å². The predicted molar refractivity (Wildman–Crippen MR) is 91.4 cm³/mol. The number of anilines is 2. The van der Waals surface area contributed by atoms with Gasteiger partial charge in [-0.05, 0) is 43.5 Å². The van der Waals surface area contributed by atoms with Crippen molar-refractivity contribution in [2.24, 2.45) is 0 Å². The molecule has 1 aliphatic rings. The minimum Gasteiger partial charge on any atom is -0.466 e. The second-order valence-electron chi connectivity index (χ2n) is 5.64. The minimum atomic E-state index is -3.30. The number of ether oxygens (including phenoxy) is 1. The summed E-state index contributed by atoms with van der Waals surface area (Å²) in [4.78, 5) is 23.1. The third kappa shape index (κ3) is 4.70. The summed E-state index contributed by atoms with van der Waals surface area (Å²) in [6, 6.07) is 5.16. The monoisotopic (exact) mass is 354 g/mol. The van der Waals surface area contributed by atoms with Gasteiger partial charge < -0.3 is 10.1 Å². The summed E-state index contributed by atoms with van der Waals surface area (Å²) in [5.41, 5.74) is 2.14. The van der Waals surface area contributed by atoms with Crippen LogP contribution in [0.15, 0.2) is 18.2 Å². The maximum atomic E-state index is 11.9. The Morgan fingerprint density at radius 1 is 1.29 bits per heavy atom. The van der Waals surface area contributed by atoms with Gasteiger partial charge in [0.1, 0.15) is 0 Å². The molecule has 0 saturated heterocycles. The molecule has 1 aromatic rings. The standard InChI is InChI=1S/C16H22N2O5S/c1-3-23-16(20)9-8-15(19)17-13-6-7-14-12(11-13)5-4-10-18(14)24(2,21)22/h6-7,11H,3-5,8-10H2,1-2H3,(H,17,19). The van der Waals surface area contributed by atoms with Crippen LogP contribution in [0.5, 0.6) is 0 Å². The van der Waals surface area contributed by atoms with Crippen molar-refractivity contribution in [3.8, 4) is 0 Å². The Hall–Kier alpha value is -2.09. The lowest BCUT2D eigenvalue weighted by Gasteiger charge is -2.29. The quantitative estimate of drug-likeness (QED) is 0.785. The molecular formula is C16H22N2O5S. The smallest absolute Gasteiger partial charge is 0.306 e. The fourth-order valence-electron chi connectivity index (χ4n) is 2.66. The lowest BCUT2D eigenvalue weighted by Crippen LogP contribution is -2.34. The van der Waals surface area contributed by atoms with Gasteiger partial charge in [-0.15, -0.1) is 0 Å². The average molecular weight is 354 g/mol. The largest absolute Gasteiger partial charge is 0.466 e. The maximum absolute atomic E-state index is 11.9. The van der Waals surface area contributed by atoms with Gasteiger partial charge in [-0.3, -0.25) is 13.9 Å². The summed E-state index contributed by atoms with van der Waals surface area (Å²) in [6.07, 6.45) is 2.76. The van der Waals surface area contributed by atoms with Crippen molar-refractivity contribution in [1.82, 2.24) is 0 Å². The number of rotatable bonds is 6. The Bertz CT molecular complexity index is 730. The normalized spacial score (nSPS) is 14.0. The summed E-state index contributed by atoms with van der Waals surface area (Å²) >= 11 is 0. The SMILES string of the molecule is CCOC(=O)CCC(=O)Nc1ccc2c(c1)CCCN2S(C)(=O)=O. The van der Waals surface area contributed by atoms with E-state index in [4.69, 9.17) is 4.74 Å². The van der Waals surface area contributed by atoms with Crippen LogP contribution in [0.2, 0.25) is 0 Å². The molecule has 7 nitrogen and oxygen atoms in total. The first kappa shape index (κ1) is 18.3. The van der Waals surface area contributed by atoms with Crippen LogP contribution in [0, 0.1) is 0 Å². The highest BCUT2D eigenvalue weighted by Crippen LogP contribution is 2.31. The molecule has 0 spiro atoms. The summed E-state index contributed by atoms with van der Waals surface area (Å²) in [7, 11) is -3.30. The Kier molecular flexibility index (Phi) is 5.82. The van der Waals surface area contributed by atoms with Gasteiger partial charge in [0.2, 0.25) is 15.9 Å².